The Hall–Kier alpha value is -1.98. The first-order chi connectivity index (χ1) is 10.3. The first-order valence-corrected chi connectivity index (χ1v) is 7.60. The van der Waals surface area contributed by atoms with Crippen LogP contribution in [0.2, 0.25) is 0 Å². The van der Waals surface area contributed by atoms with Gasteiger partial charge >= 0.3 is 0 Å². The number of nitrogens with zero attached hydrogens (tertiary/aromatic N) is 1. The normalized spacial score (nSPS) is 11.1. The Morgan fingerprint density at radius 3 is 3.05 bits per heavy atom. The number of carbonyl (C=O) groups is 1. The molecule has 0 spiro atoms. The Morgan fingerprint density at radius 2 is 2.24 bits per heavy atom. The fraction of sp³-hybridized carbons (Fsp3) is 0.250. The molecule has 3 rings (SSSR count). The molecule has 0 radical (unpaired) electrons. The molecule has 0 aliphatic heterocycles. The van der Waals surface area contributed by atoms with E-state index < -0.39 is 0 Å². The molecule has 0 N–H and O–H groups in total. The number of fused-ring (bicyclic) bond motifs is 1. The zero-order valence-corrected chi connectivity index (χ0v) is 12.5. The number of aromatic nitrogens is 1. The van der Waals surface area contributed by atoms with Crippen molar-refractivity contribution in [2.24, 2.45) is 0 Å². The van der Waals surface area contributed by atoms with Crippen molar-refractivity contribution in [3.8, 4) is 0 Å². The second-order valence-electron chi connectivity index (χ2n) is 4.73. The van der Waals surface area contributed by atoms with Crippen molar-refractivity contribution >= 4 is 28.1 Å². The topological polar surface area (TPSA) is 52.3 Å². The Balaban J connectivity index is 1.56. The predicted octanol–water partition coefficient (Wildman–Crippen LogP) is 3.64. The van der Waals surface area contributed by atoms with Crippen molar-refractivity contribution in [1.82, 2.24) is 4.98 Å². The number of furan rings is 1. The van der Waals surface area contributed by atoms with Gasteiger partial charge in [0.25, 0.3) is 0 Å². The number of ether oxygens (including phenoxy) is 1. The number of rotatable bonds is 6. The van der Waals surface area contributed by atoms with E-state index in [1.807, 2.05) is 36.7 Å². The van der Waals surface area contributed by atoms with Crippen LogP contribution in [0.1, 0.15) is 20.9 Å². The van der Waals surface area contributed by atoms with Crippen molar-refractivity contribution in [2.75, 3.05) is 13.2 Å². The van der Waals surface area contributed by atoms with Gasteiger partial charge in [-0.05, 0) is 13.0 Å². The van der Waals surface area contributed by atoms with Crippen molar-refractivity contribution in [3.05, 3.63) is 52.2 Å². The molecule has 3 aromatic rings. The highest BCUT2D eigenvalue weighted by molar-refractivity contribution is 7.09. The fourth-order valence-corrected chi connectivity index (χ4v) is 2.93. The SMILES string of the molecule is Cc1ncsc1CCOCC(=O)c1coc2ccccc12. The fourth-order valence-electron chi connectivity index (χ4n) is 2.17. The molecule has 1 aromatic carbocycles. The average molecular weight is 301 g/mol. The second kappa shape index (κ2) is 6.20. The number of aryl methyl sites for hydroxylation is 1. The summed E-state index contributed by atoms with van der Waals surface area (Å²) in [5, 5.41) is 0.837. The standard InChI is InChI=1S/C16H15NO3S/c1-11-16(21-10-17-11)6-7-19-9-14(18)13-8-20-15-5-3-2-4-12(13)15/h2-5,8,10H,6-7,9H2,1H3. The minimum atomic E-state index is -0.0547. The van der Waals surface area contributed by atoms with Crippen molar-refractivity contribution in [3.63, 3.8) is 0 Å². The number of benzene rings is 1. The summed E-state index contributed by atoms with van der Waals surface area (Å²) in [6.07, 6.45) is 2.29. The maximum atomic E-state index is 12.2. The van der Waals surface area contributed by atoms with Gasteiger partial charge in [-0.15, -0.1) is 11.3 Å². The van der Waals surface area contributed by atoms with E-state index in [1.54, 1.807) is 11.3 Å². The molecular weight excluding hydrogens is 286 g/mol. The molecule has 0 saturated heterocycles. The van der Waals surface area contributed by atoms with Crippen LogP contribution in [-0.2, 0) is 11.2 Å². The summed E-state index contributed by atoms with van der Waals surface area (Å²) < 4.78 is 10.9. The van der Waals surface area contributed by atoms with Gasteiger partial charge in [0.1, 0.15) is 18.5 Å². The van der Waals surface area contributed by atoms with Crippen LogP contribution in [0.5, 0.6) is 0 Å². The molecule has 0 atom stereocenters. The van der Waals surface area contributed by atoms with E-state index in [0.29, 0.717) is 12.2 Å². The highest BCUT2D eigenvalue weighted by atomic mass is 32.1. The molecule has 5 heteroatoms. The van der Waals surface area contributed by atoms with E-state index in [9.17, 15) is 4.79 Å². The highest BCUT2D eigenvalue weighted by Crippen LogP contribution is 2.21. The van der Waals surface area contributed by atoms with E-state index >= 15 is 0 Å². The summed E-state index contributed by atoms with van der Waals surface area (Å²) in [4.78, 5) is 17.5. The van der Waals surface area contributed by atoms with Crippen molar-refractivity contribution < 1.29 is 13.9 Å². The average Bonchev–Trinajstić information content (AvgIpc) is 3.10. The van der Waals surface area contributed by atoms with Crippen LogP contribution in [0, 0.1) is 6.92 Å². The van der Waals surface area contributed by atoms with Gasteiger partial charge in [0.15, 0.2) is 5.78 Å². The first kappa shape index (κ1) is 14.0. The van der Waals surface area contributed by atoms with Gasteiger partial charge in [-0.3, -0.25) is 4.79 Å². The summed E-state index contributed by atoms with van der Waals surface area (Å²) in [6.45, 7) is 2.57. The Kier molecular flexibility index (Phi) is 4.13. The van der Waals surface area contributed by atoms with Crippen LogP contribution in [0.3, 0.4) is 0 Å². The van der Waals surface area contributed by atoms with Gasteiger partial charge in [0, 0.05) is 16.7 Å². The van der Waals surface area contributed by atoms with E-state index in [2.05, 4.69) is 4.98 Å². The molecule has 0 aliphatic rings. The lowest BCUT2D eigenvalue weighted by molar-refractivity contribution is 0.0767. The van der Waals surface area contributed by atoms with Gasteiger partial charge in [-0.25, -0.2) is 4.98 Å². The number of hydrogen-bond donors (Lipinski definition) is 0. The third-order valence-corrected chi connectivity index (χ3v) is 4.33. The van der Waals surface area contributed by atoms with Crippen LogP contribution < -0.4 is 0 Å². The molecule has 0 fully saturated rings. The number of Topliss-reactive ketones (excluding diaryl/α,β-unsaturated/α-hetero) is 1. The number of ketones is 1. The zero-order chi connectivity index (χ0) is 14.7. The Labute approximate surface area is 126 Å². The summed E-state index contributed by atoms with van der Waals surface area (Å²) >= 11 is 1.62. The van der Waals surface area contributed by atoms with E-state index in [-0.39, 0.29) is 12.4 Å². The molecule has 0 saturated carbocycles. The van der Waals surface area contributed by atoms with Gasteiger partial charge in [0.2, 0.25) is 0 Å². The van der Waals surface area contributed by atoms with E-state index in [4.69, 9.17) is 9.15 Å². The van der Waals surface area contributed by atoms with Crippen LogP contribution in [0.4, 0.5) is 0 Å². The molecule has 0 bridgehead atoms. The van der Waals surface area contributed by atoms with Gasteiger partial charge in [-0.2, -0.15) is 0 Å². The van der Waals surface area contributed by atoms with Crippen molar-refractivity contribution in [1.29, 1.82) is 0 Å². The molecule has 0 unspecified atom stereocenters. The molecule has 108 valence electrons. The molecular formula is C16H15NO3S. The summed E-state index contributed by atoms with van der Waals surface area (Å²) in [5.74, 6) is -0.0547. The highest BCUT2D eigenvalue weighted by Gasteiger charge is 2.13. The number of carbonyl (C=O) groups excluding carboxylic acids is 1. The van der Waals surface area contributed by atoms with Crippen LogP contribution in [-0.4, -0.2) is 24.0 Å². The molecule has 2 heterocycles. The molecule has 0 amide bonds. The van der Waals surface area contributed by atoms with E-state index in [1.165, 1.54) is 11.1 Å². The lowest BCUT2D eigenvalue weighted by atomic mass is 10.1. The quantitative estimate of drug-likeness (QED) is 0.515. The zero-order valence-electron chi connectivity index (χ0n) is 11.7. The Bertz CT molecular complexity index is 760. The number of thiazole rings is 1. The van der Waals surface area contributed by atoms with Gasteiger partial charge < -0.3 is 9.15 Å². The van der Waals surface area contributed by atoms with Crippen molar-refractivity contribution in [2.45, 2.75) is 13.3 Å². The molecule has 21 heavy (non-hydrogen) atoms. The maximum Gasteiger partial charge on any atom is 0.192 e. The summed E-state index contributed by atoms with van der Waals surface area (Å²) in [5.41, 5.74) is 4.17. The summed E-state index contributed by atoms with van der Waals surface area (Å²) in [6, 6.07) is 7.50. The third kappa shape index (κ3) is 3.04. The number of para-hydroxylation sites is 1. The van der Waals surface area contributed by atoms with Crippen LogP contribution in [0.25, 0.3) is 11.0 Å². The minimum Gasteiger partial charge on any atom is -0.464 e. The van der Waals surface area contributed by atoms with Gasteiger partial charge in [-0.1, -0.05) is 18.2 Å². The smallest absolute Gasteiger partial charge is 0.192 e. The van der Waals surface area contributed by atoms with E-state index in [0.717, 1.165) is 23.1 Å². The van der Waals surface area contributed by atoms with Crippen LogP contribution >= 0.6 is 11.3 Å². The largest absolute Gasteiger partial charge is 0.464 e. The third-order valence-electron chi connectivity index (χ3n) is 3.33. The second-order valence-corrected chi connectivity index (χ2v) is 5.67. The predicted molar refractivity (Wildman–Crippen MR) is 81.9 cm³/mol. The monoisotopic (exact) mass is 301 g/mol. The summed E-state index contributed by atoms with van der Waals surface area (Å²) in [7, 11) is 0. The first-order valence-electron chi connectivity index (χ1n) is 6.72. The lowest BCUT2D eigenvalue weighted by Gasteiger charge is -2.02. The van der Waals surface area contributed by atoms with Gasteiger partial charge in [0.05, 0.1) is 23.4 Å². The lowest BCUT2D eigenvalue weighted by Crippen LogP contribution is -2.10. The molecule has 4 nitrogen and oxygen atoms in total. The Morgan fingerprint density at radius 1 is 1.38 bits per heavy atom. The van der Waals surface area contributed by atoms with Crippen LogP contribution in [0.15, 0.2) is 40.5 Å². The maximum absolute atomic E-state index is 12.2. The minimum absolute atomic E-state index is 0.0547. The number of hydrogen-bond acceptors (Lipinski definition) is 5. The molecule has 0 aliphatic carbocycles. The molecule has 2 aromatic heterocycles.